The third-order valence-corrected chi connectivity index (χ3v) is 5.02. The topological polar surface area (TPSA) is 47.6 Å². The Bertz CT molecular complexity index is 855. The number of Topliss-reactive ketones (excluding diaryl/α,β-unsaturated/α-hetero) is 1. The number of carbonyl (C=O) groups excluding carboxylic acids is 1. The van der Waals surface area contributed by atoms with Crippen molar-refractivity contribution in [1.29, 1.82) is 0 Å². The zero-order valence-electron chi connectivity index (χ0n) is 14.5. The normalized spacial score (nSPS) is 19.0. The maximum atomic E-state index is 12.8. The van der Waals surface area contributed by atoms with Crippen LogP contribution in [-0.4, -0.2) is 20.0 Å². The highest BCUT2D eigenvalue weighted by Crippen LogP contribution is 2.50. The van der Waals surface area contributed by atoms with Gasteiger partial charge in [-0.15, -0.1) is 0 Å². The van der Waals surface area contributed by atoms with E-state index in [1.165, 1.54) is 0 Å². The van der Waals surface area contributed by atoms with Gasteiger partial charge in [0.15, 0.2) is 5.78 Å². The van der Waals surface area contributed by atoms with Crippen molar-refractivity contribution in [3.8, 4) is 11.5 Å². The standard InChI is InChI=1S/C21H21NO3/c1-24-14-11-16-21(18(12-14)25-2)19(13-7-4-3-5-8-13)20-15(22-16)9-6-10-17(20)23/h3-5,7-8,11-12,19,22H,6,9-10H2,1-2H3/t19-/m1/s1. The molecule has 4 heteroatoms. The van der Waals surface area contributed by atoms with E-state index in [4.69, 9.17) is 9.47 Å². The number of fused-ring (bicyclic) bond motifs is 1. The highest BCUT2D eigenvalue weighted by molar-refractivity contribution is 6.01. The fourth-order valence-electron chi connectivity index (χ4n) is 3.90. The van der Waals surface area contributed by atoms with Gasteiger partial charge in [0, 0.05) is 47.0 Å². The van der Waals surface area contributed by atoms with Crippen LogP contribution < -0.4 is 14.8 Å². The largest absolute Gasteiger partial charge is 0.497 e. The van der Waals surface area contributed by atoms with Gasteiger partial charge in [0.1, 0.15) is 11.5 Å². The molecule has 2 aliphatic rings. The van der Waals surface area contributed by atoms with E-state index in [9.17, 15) is 4.79 Å². The Morgan fingerprint density at radius 3 is 2.56 bits per heavy atom. The molecule has 1 aliphatic heterocycles. The zero-order valence-corrected chi connectivity index (χ0v) is 14.5. The van der Waals surface area contributed by atoms with Crippen LogP contribution in [0.1, 0.15) is 36.3 Å². The Morgan fingerprint density at radius 2 is 1.84 bits per heavy atom. The van der Waals surface area contributed by atoms with Crippen LogP contribution in [0.4, 0.5) is 5.69 Å². The van der Waals surface area contributed by atoms with Crippen LogP contribution in [0.15, 0.2) is 53.7 Å². The average Bonchev–Trinajstić information content (AvgIpc) is 2.66. The number of hydrogen-bond donors (Lipinski definition) is 1. The van der Waals surface area contributed by atoms with Crippen molar-refractivity contribution < 1.29 is 14.3 Å². The van der Waals surface area contributed by atoms with Crippen LogP contribution >= 0.6 is 0 Å². The van der Waals surface area contributed by atoms with E-state index in [1.807, 2.05) is 30.3 Å². The molecule has 2 aromatic rings. The molecule has 4 rings (SSSR count). The second-order valence-corrected chi connectivity index (χ2v) is 6.43. The van der Waals surface area contributed by atoms with Crippen LogP contribution in [-0.2, 0) is 4.79 Å². The van der Waals surface area contributed by atoms with Crippen molar-refractivity contribution in [2.24, 2.45) is 0 Å². The maximum absolute atomic E-state index is 12.8. The number of hydrogen-bond acceptors (Lipinski definition) is 4. The van der Waals surface area contributed by atoms with Gasteiger partial charge in [-0.3, -0.25) is 4.79 Å². The van der Waals surface area contributed by atoms with Gasteiger partial charge in [0.25, 0.3) is 0 Å². The molecule has 1 aliphatic carbocycles. The molecular weight excluding hydrogens is 314 g/mol. The molecule has 4 nitrogen and oxygen atoms in total. The molecule has 0 saturated heterocycles. The Labute approximate surface area is 147 Å². The SMILES string of the molecule is COc1cc2c(c(OC)c1)[C@H](c1ccccc1)C1=C(CCCC1=O)N2. The van der Waals surface area contributed by atoms with E-state index in [1.54, 1.807) is 14.2 Å². The number of ketones is 1. The van der Waals surface area contributed by atoms with Crippen molar-refractivity contribution >= 4 is 11.5 Å². The number of rotatable bonds is 3. The Balaban J connectivity index is 1.98. The molecule has 0 bridgehead atoms. The van der Waals surface area contributed by atoms with Crippen LogP contribution in [0.2, 0.25) is 0 Å². The van der Waals surface area contributed by atoms with E-state index >= 15 is 0 Å². The van der Waals surface area contributed by atoms with Gasteiger partial charge in [0.2, 0.25) is 0 Å². The van der Waals surface area contributed by atoms with Crippen LogP contribution in [0.3, 0.4) is 0 Å². The van der Waals surface area contributed by atoms with Gasteiger partial charge < -0.3 is 14.8 Å². The van der Waals surface area contributed by atoms with E-state index in [0.29, 0.717) is 6.42 Å². The third kappa shape index (κ3) is 2.58. The number of nitrogens with one attached hydrogen (secondary N) is 1. The summed E-state index contributed by atoms with van der Waals surface area (Å²) in [6.45, 7) is 0. The number of benzene rings is 2. The van der Waals surface area contributed by atoms with E-state index in [0.717, 1.165) is 52.4 Å². The lowest BCUT2D eigenvalue weighted by atomic mass is 9.75. The molecule has 0 radical (unpaired) electrons. The Kier molecular flexibility index (Phi) is 3.96. The summed E-state index contributed by atoms with van der Waals surface area (Å²) in [5.74, 6) is 1.59. The molecule has 0 fully saturated rings. The molecule has 1 heterocycles. The number of methoxy groups -OCH3 is 2. The summed E-state index contributed by atoms with van der Waals surface area (Å²) in [5, 5.41) is 3.48. The van der Waals surface area contributed by atoms with Crippen molar-refractivity contribution in [3.05, 3.63) is 64.9 Å². The summed E-state index contributed by atoms with van der Waals surface area (Å²) in [6, 6.07) is 14.0. The molecular formula is C21H21NO3. The second-order valence-electron chi connectivity index (χ2n) is 6.43. The molecule has 0 unspecified atom stereocenters. The van der Waals surface area contributed by atoms with Gasteiger partial charge in [-0.05, 0) is 18.4 Å². The van der Waals surface area contributed by atoms with Crippen molar-refractivity contribution in [2.45, 2.75) is 25.2 Å². The summed E-state index contributed by atoms with van der Waals surface area (Å²) < 4.78 is 11.1. The van der Waals surface area contributed by atoms with E-state index < -0.39 is 0 Å². The quantitative estimate of drug-likeness (QED) is 0.910. The van der Waals surface area contributed by atoms with E-state index in [-0.39, 0.29) is 11.7 Å². The first-order chi connectivity index (χ1) is 12.2. The lowest BCUT2D eigenvalue weighted by Crippen LogP contribution is -2.27. The predicted octanol–water partition coefficient (Wildman–Crippen LogP) is 4.27. The summed E-state index contributed by atoms with van der Waals surface area (Å²) >= 11 is 0. The highest BCUT2D eigenvalue weighted by atomic mass is 16.5. The molecule has 0 aromatic heterocycles. The van der Waals surface area contributed by atoms with Crippen LogP contribution in [0.5, 0.6) is 11.5 Å². The second kappa shape index (κ2) is 6.28. The molecule has 1 N–H and O–H groups in total. The predicted molar refractivity (Wildman–Crippen MR) is 97.3 cm³/mol. The molecule has 25 heavy (non-hydrogen) atoms. The Hall–Kier alpha value is -2.75. The zero-order chi connectivity index (χ0) is 17.4. The first-order valence-corrected chi connectivity index (χ1v) is 8.57. The lowest BCUT2D eigenvalue weighted by Gasteiger charge is -2.35. The van der Waals surface area contributed by atoms with Gasteiger partial charge >= 0.3 is 0 Å². The maximum Gasteiger partial charge on any atom is 0.161 e. The van der Waals surface area contributed by atoms with Crippen molar-refractivity contribution in [3.63, 3.8) is 0 Å². The molecule has 0 saturated carbocycles. The Morgan fingerprint density at radius 1 is 1.04 bits per heavy atom. The average molecular weight is 335 g/mol. The summed E-state index contributed by atoms with van der Waals surface area (Å²) in [4.78, 5) is 12.8. The molecule has 128 valence electrons. The molecule has 2 aromatic carbocycles. The van der Waals surface area contributed by atoms with Crippen LogP contribution in [0.25, 0.3) is 0 Å². The number of ether oxygens (including phenoxy) is 2. The molecule has 1 atom stereocenters. The monoisotopic (exact) mass is 335 g/mol. The molecule has 0 spiro atoms. The minimum absolute atomic E-state index is 0.110. The summed E-state index contributed by atoms with van der Waals surface area (Å²) in [5.41, 5.74) is 4.99. The van der Waals surface area contributed by atoms with Gasteiger partial charge in [-0.2, -0.15) is 0 Å². The number of anilines is 1. The summed E-state index contributed by atoms with van der Waals surface area (Å²) in [7, 11) is 3.30. The van der Waals surface area contributed by atoms with Gasteiger partial charge in [-0.25, -0.2) is 0 Å². The fourth-order valence-corrected chi connectivity index (χ4v) is 3.90. The van der Waals surface area contributed by atoms with Gasteiger partial charge in [0.05, 0.1) is 14.2 Å². The first kappa shape index (κ1) is 15.8. The fraction of sp³-hybridized carbons (Fsp3) is 0.286. The van der Waals surface area contributed by atoms with Crippen molar-refractivity contribution in [1.82, 2.24) is 0 Å². The number of allylic oxidation sites excluding steroid dienone is 2. The minimum atomic E-state index is -0.110. The lowest BCUT2D eigenvalue weighted by molar-refractivity contribution is -0.116. The number of carbonyl (C=O) groups is 1. The van der Waals surface area contributed by atoms with E-state index in [2.05, 4.69) is 17.4 Å². The van der Waals surface area contributed by atoms with Gasteiger partial charge in [-0.1, -0.05) is 30.3 Å². The van der Waals surface area contributed by atoms with Crippen molar-refractivity contribution in [2.75, 3.05) is 19.5 Å². The molecule has 0 amide bonds. The highest BCUT2D eigenvalue weighted by Gasteiger charge is 2.37. The third-order valence-electron chi connectivity index (χ3n) is 5.02. The first-order valence-electron chi connectivity index (χ1n) is 8.57. The minimum Gasteiger partial charge on any atom is -0.497 e. The van der Waals surface area contributed by atoms with Crippen LogP contribution in [0, 0.1) is 0 Å². The summed E-state index contributed by atoms with van der Waals surface area (Å²) in [6.07, 6.45) is 2.39. The smallest absolute Gasteiger partial charge is 0.161 e.